The van der Waals surface area contributed by atoms with Crippen molar-refractivity contribution in [3.8, 4) is 0 Å². The van der Waals surface area contributed by atoms with Gasteiger partial charge in [-0.15, -0.1) is 0 Å². The summed E-state index contributed by atoms with van der Waals surface area (Å²) >= 11 is 6.19. The smallest absolute Gasteiger partial charge is 0.224 e. The van der Waals surface area contributed by atoms with Crippen LogP contribution in [0.2, 0.25) is 5.02 Å². The van der Waals surface area contributed by atoms with Crippen LogP contribution in [0.25, 0.3) is 0 Å². The lowest BCUT2D eigenvalue weighted by molar-refractivity contribution is 0.310. The largest absolute Gasteiger partial charge is 0.357 e. The van der Waals surface area contributed by atoms with Gasteiger partial charge in [-0.25, -0.2) is 4.98 Å². The van der Waals surface area contributed by atoms with Crippen molar-refractivity contribution in [3.63, 3.8) is 0 Å². The molecule has 1 aromatic rings. The van der Waals surface area contributed by atoms with E-state index in [1.807, 2.05) is 7.05 Å². The molecule has 0 unspecified atom stereocenters. The van der Waals surface area contributed by atoms with E-state index < -0.39 is 0 Å². The summed E-state index contributed by atoms with van der Waals surface area (Å²) in [7, 11) is 1.82. The van der Waals surface area contributed by atoms with E-state index in [1.165, 1.54) is 12.8 Å². The Kier molecular flexibility index (Phi) is 4.27. The number of hydrogen-bond donors (Lipinski definition) is 1. The van der Waals surface area contributed by atoms with Crippen LogP contribution in [-0.2, 0) is 0 Å². The number of anilines is 2. The Bertz CT molecular complexity index is 400. The quantitative estimate of drug-likeness (QED) is 0.915. The van der Waals surface area contributed by atoms with Crippen LogP contribution >= 0.6 is 11.6 Å². The second-order valence-corrected chi connectivity index (χ2v) is 5.59. The van der Waals surface area contributed by atoms with Crippen molar-refractivity contribution in [2.75, 3.05) is 30.4 Å². The first-order valence-corrected chi connectivity index (χ1v) is 6.95. The highest BCUT2D eigenvalue weighted by atomic mass is 35.5. The van der Waals surface area contributed by atoms with Gasteiger partial charge in [0.25, 0.3) is 0 Å². The van der Waals surface area contributed by atoms with Gasteiger partial charge < -0.3 is 10.2 Å². The predicted octanol–water partition coefficient (Wildman–Crippen LogP) is 3.04. The number of nitrogens with zero attached hydrogens (tertiary/aromatic N) is 3. The number of hydrogen-bond acceptors (Lipinski definition) is 4. The lowest BCUT2D eigenvalue weighted by atomic mass is 9.87. The molecule has 1 aliphatic rings. The third-order valence-corrected chi connectivity index (χ3v) is 4.00. The van der Waals surface area contributed by atoms with Gasteiger partial charge >= 0.3 is 0 Å². The van der Waals surface area contributed by atoms with Gasteiger partial charge in [0.1, 0.15) is 5.02 Å². The molecule has 4 nitrogen and oxygen atoms in total. The summed E-state index contributed by atoms with van der Waals surface area (Å²) in [6.07, 6.45) is 4.10. The fourth-order valence-corrected chi connectivity index (χ4v) is 2.69. The molecule has 0 aromatic carbocycles. The van der Waals surface area contributed by atoms with Crippen molar-refractivity contribution in [2.24, 2.45) is 11.8 Å². The van der Waals surface area contributed by atoms with Gasteiger partial charge in [0.05, 0.1) is 6.20 Å². The third kappa shape index (κ3) is 2.86. The van der Waals surface area contributed by atoms with Gasteiger partial charge in [-0.1, -0.05) is 25.4 Å². The monoisotopic (exact) mass is 268 g/mol. The Hall–Kier alpha value is -1.03. The number of nitrogens with one attached hydrogen (secondary N) is 1. The number of halogens is 1. The maximum atomic E-state index is 6.19. The molecule has 0 amide bonds. The second kappa shape index (κ2) is 5.74. The fourth-order valence-electron chi connectivity index (χ4n) is 2.48. The zero-order valence-electron chi connectivity index (χ0n) is 11.3. The molecule has 0 atom stereocenters. The molecule has 0 aliphatic carbocycles. The van der Waals surface area contributed by atoms with Crippen molar-refractivity contribution in [2.45, 2.75) is 26.7 Å². The molecular weight excluding hydrogens is 248 g/mol. The predicted molar refractivity (Wildman–Crippen MR) is 76.4 cm³/mol. The molecule has 0 spiro atoms. The van der Waals surface area contributed by atoms with Crippen LogP contribution in [0.1, 0.15) is 26.7 Å². The number of piperidine rings is 1. The van der Waals surface area contributed by atoms with Crippen molar-refractivity contribution >= 4 is 23.4 Å². The molecule has 18 heavy (non-hydrogen) atoms. The Morgan fingerprint density at radius 3 is 2.61 bits per heavy atom. The summed E-state index contributed by atoms with van der Waals surface area (Å²) < 4.78 is 0. The minimum atomic E-state index is 0.625. The molecule has 2 rings (SSSR count). The Morgan fingerprint density at radius 1 is 1.39 bits per heavy atom. The van der Waals surface area contributed by atoms with Gasteiger partial charge in [0.15, 0.2) is 5.82 Å². The average molecular weight is 269 g/mol. The van der Waals surface area contributed by atoms with Crippen molar-refractivity contribution < 1.29 is 0 Å². The Labute approximate surface area is 114 Å². The summed E-state index contributed by atoms with van der Waals surface area (Å²) in [4.78, 5) is 10.8. The van der Waals surface area contributed by atoms with E-state index in [0.29, 0.717) is 11.0 Å². The maximum Gasteiger partial charge on any atom is 0.224 e. The van der Waals surface area contributed by atoms with Gasteiger partial charge in [0.2, 0.25) is 5.95 Å². The summed E-state index contributed by atoms with van der Waals surface area (Å²) in [5.74, 6) is 3.07. The minimum Gasteiger partial charge on any atom is -0.357 e. The molecule has 0 radical (unpaired) electrons. The van der Waals surface area contributed by atoms with Gasteiger partial charge in [-0.05, 0) is 24.7 Å². The fraction of sp³-hybridized carbons (Fsp3) is 0.692. The van der Waals surface area contributed by atoms with Crippen LogP contribution < -0.4 is 10.2 Å². The van der Waals surface area contributed by atoms with Crippen LogP contribution in [0.15, 0.2) is 6.20 Å². The highest BCUT2D eigenvalue weighted by molar-refractivity contribution is 6.32. The zero-order valence-corrected chi connectivity index (χ0v) is 12.0. The Morgan fingerprint density at radius 2 is 2.06 bits per heavy atom. The van der Waals surface area contributed by atoms with E-state index in [-0.39, 0.29) is 0 Å². The molecule has 100 valence electrons. The molecule has 1 aliphatic heterocycles. The second-order valence-electron chi connectivity index (χ2n) is 5.18. The van der Waals surface area contributed by atoms with Crippen molar-refractivity contribution in [3.05, 3.63) is 11.2 Å². The minimum absolute atomic E-state index is 0.625. The first-order valence-electron chi connectivity index (χ1n) is 6.57. The molecule has 1 aromatic heterocycles. The molecule has 0 bridgehead atoms. The molecule has 1 saturated heterocycles. The zero-order chi connectivity index (χ0) is 13.1. The van der Waals surface area contributed by atoms with E-state index >= 15 is 0 Å². The molecule has 5 heteroatoms. The highest BCUT2D eigenvalue weighted by Crippen LogP contribution is 2.30. The molecule has 1 N–H and O–H groups in total. The normalized spacial score (nSPS) is 17.3. The van der Waals surface area contributed by atoms with E-state index in [9.17, 15) is 0 Å². The highest BCUT2D eigenvalue weighted by Gasteiger charge is 2.23. The lowest BCUT2D eigenvalue weighted by Gasteiger charge is -2.34. The average Bonchev–Trinajstić information content (AvgIpc) is 2.39. The van der Waals surface area contributed by atoms with E-state index in [1.54, 1.807) is 6.20 Å². The van der Waals surface area contributed by atoms with Crippen LogP contribution in [-0.4, -0.2) is 30.1 Å². The van der Waals surface area contributed by atoms with Gasteiger partial charge in [-0.2, -0.15) is 4.98 Å². The first-order chi connectivity index (χ1) is 8.61. The van der Waals surface area contributed by atoms with E-state index in [2.05, 4.69) is 34.0 Å². The number of aromatic nitrogens is 2. The van der Waals surface area contributed by atoms with Gasteiger partial charge in [-0.3, -0.25) is 0 Å². The molecule has 2 heterocycles. The lowest BCUT2D eigenvalue weighted by Crippen LogP contribution is -2.36. The van der Waals surface area contributed by atoms with Crippen LogP contribution in [0.4, 0.5) is 11.8 Å². The summed E-state index contributed by atoms with van der Waals surface area (Å²) in [6, 6.07) is 0. The molecule has 0 saturated carbocycles. The Balaban J connectivity index is 2.09. The maximum absolute atomic E-state index is 6.19. The topological polar surface area (TPSA) is 41.1 Å². The summed E-state index contributed by atoms with van der Waals surface area (Å²) in [5.41, 5.74) is 0. The van der Waals surface area contributed by atoms with E-state index in [4.69, 9.17) is 11.6 Å². The van der Waals surface area contributed by atoms with E-state index in [0.717, 1.165) is 30.7 Å². The van der Waals surface area contributed by atoms with Crippen LogP contribution in [0, 0.1) is 11.8 Å². The van der Waals surface area contributed by atoms with Crippen LogP contribution in [0.5, 0.6) is 0 Å². The third-order valence-electron chi connectivity index (χ3n) is 3.73. The molecular formula is C13H21ClN4. The molecule has 1 fully saturated rings. The van der Waals surface area contributed by atoms with Crippen molar-refractivity contribution in [1.82, 2.24) is 9.97 Å². The first kappa shape index (κ1) is 13.4. The van der Waals surface area contributed by atoms with Gasteiger partial charge in [0, 0.05) is 20.1 Å². The van der Waals surface area contributed by atoms with Crippen molar-refractivity contribution in [1.29, 1.82) is 0 Å². The SMILES string of the molecule is CNc1ncc(Cl)c(N2CCC(C(C)C)CC2)n1. The van der Waals surface area contributed by atoms with Crippen LogP contribution in [0.3, 0.4) is 0 Å². The summed E-state index contributed by atoms with van der Waals surface area (Å²) in [6.45, 7) is 6.67. The number of rotatable bonds is 3. The summed E-state index contributed by atoms with van der Waals surface area (Å²) in [5, 5.41) is 3.59. The standard InChI is InChI=1S/C13H21ClN4/c1-9(2)10-4-6-18(7-5-10)12-11(14)8-16-13(15-3)17-12/h8-10H,4-7H2,1-3H3,(H,15,16,17).